The number of carbonyl (C=O) groups is 1. The molecule has 2 amide bonds. The molecule has 0 aromatic carbocycles. The van der Waals surface area contributed by atoms with Gasteiger partial charge in [0.25, 0.3) is 12.3 Å². The average molecular weight is 322 g/mol. The number of nitro groups is 4. The van der Waals surface area contributed by atoms with E-state index in [4.69, 9.17) is 0 Å². The van der Waals surface area contributed by atoms with Crippen LogP contribution in [0.2, 0.25) is 0 Å². The summed E-state index contributed by atoms with van der Waals surface area (Å²) in [6.45, 7) is -1.28. The van der Waals surface area contributed by atoms with Gasteiger partial charge < -0.3 is 0 Å². The molecule has 2 rings (SSSR count). The Bertz CT molecular complexity index is 530. The lowest BCUT2D eigenvalue weighted by Gasteiger charge is -2.32. The first-order valence-electron chi connectivity index (χ1n) is 5.41. The molecule has 0 aromatic rings. The summed E-state index contributed by atoms with van der Waals surface area (Å²) in [6, 6.07) is -1.81. The van der Waals surface area contributed by atoms with Gasteiger partial charge in [-0.15, -0.1) is 0 Å². The van der Waals surface area contributed by atoms with E-state index in [0.29, 0.717) is 0 Å². The first kappa shape index (κ1) is 14.9. The number of piperazine rings is 1. The maximum Gasteiger partial charge on any atom is 0.440 e. The van der Waals surface area contributed by atoms with E-state index in [1.54, 1.807) is 0 Å². The third kappa shape index (κ3) is 1.91. The van der Waals surface area contributed by atoms with Gasteiger partial charge in [0.1, 0.15) is 13.1 Å². The molecule has 2 unspecified atom stereocenters. The van der Waals surface area contributed by atoms with E-state index in [2.05, 4.69) is 0 Å². The van der Waals surface area contributed by atoms with Crippen molar-refractivity contribution in [2.45, 2.75) is 12.3 Å². The van der Waals surface area contributed by atoms with Crippen LogP contribution in [0.3, 0.4) is 0 Å². The molecule has 0 saturated carbocycles. The van der Waals surface area contributed by atoms with E-state index >= 15 is 0 Å². The van der Waals surface area contributed by atoms with Crippen LogP contribution in [0.15, 0.2) is 0 Å². The summed E-state index contributed by atoms with van der Waals surface area (Å²) in [5.41, 5.74) is 0. The van der Waals surface area contributed by atoms with Crippen molar-refractivity contribution in [1.82, 2.24) is 20.0 Å². The van der Waals surface area contributed by atoms with Crippen LogP contribution in [0.25, 0.3) is 0 Å². The number of nitrogens with zero attached hydrogens (tertiary/aromatic N) is 8. The minimum atomic E-state index is -2.12. The number of carbonyl (C=O) groups excluding carboxylic acids is 1. The molecule has 17 heteroatoms. The number of fused-ring (bicyclic) bond motifs is 1. The van der Waals surface area contributed by atoms with Crippen molar-refractivity contribution in [3.8, 4) is 0 Å². The molecule has 2 aliphatic heterocycles. The quantitative estimate of drug-likeness (QED) is 0.399. The fourth-order valence-electron chi connectivity index (χ4n) is 2.30. The Morgan fingerprint density at radius 1 is 0.727 bits per heavy atom. The van der Waals surface area contributed by atoms with Gasteiger partial charge in [-0.2, -0.15) is 0 Å². The molecular formula is C5H6N8O9. The second kappa shape index (κ2) is 4.79. The number of urea groups is 1. The fraction of sp³-hybridized carbons (Fsp3) is 0.800. The Balaban J connectivity index is 2.58. The fourth-order valence-corrected chi connectivity index (χ4v) is 2.30. The number of hydrogen-bond donors (Lipinski definition) is 0. The summed E-state index contributed by atoms with van der Waals surface area (Å²) in [5.74, 6) is 0. The molecule has 2 aliphatic rings. The molecule has 2 atom stereocenters. The first-order chi connectivity index (χ1) is 10.2. The lowest BCUT2D eigenvalue weighted by atomic mass is 10.3. The predicted molar refractivity (Wildman–Crippen MR) is 58.0 cm³/mol. The van der Waals surface area contributed by atoms with Gasteiger partial charge in [0.2, 0.25) is 0 Å². The third-order valence-corrected chi connectivity index (χ3v) is 3.10. The molecule has 17 nitrogen and oxygen atoms in total. The van der Waals surface area contributed by atoms with Gasteiger partial charge in [0, 0.05) is 10.0 Å². The molecule has 0 aromatic heterocycles. The van der Waals surface area contributed by atoms with Gasteiger partial charge >= 0.3 is 6.03 Å². The zero-order chi connectivity index (χ0) is 16.8. The minimum absolute atomic E-state index is 0.175. The van der Waals surface area contributed by atoms with Crippen LogP contribution in [-0.2, 0) is 0 Å². The van der Waals surface area contributed by atoms with Crippen LogP contribution in [0.1, 0.15) is 0 Å². The van der Waals surface area contributed by atoms with Crippen molar-refractivity contribution in [1.29, 1.82) is 0 Å². The van der Waals surface area contributed by atoms with E-state index in [0.717, 1.165) is 0 Å². The van der Waals surface area contributed by atoms with Crippen LogP contribution in [0.4, 0.5) is 4.79 Å². The zero-order valence-electron chi connectivity index (χ0n) is 10.3. The largest absolute Gasteiger partial charge is 0.440 e. The molecule has 2 saturated heterocycles. The molecule has 2 fully saturated rings. The number of rotatable bonds is 4. The van der Waals surface area contributed by atoms with Crippen molar-refractivity contribution < 1.29 is 24.9 Å². The Kier molecular flexibility index (Phi) is 3.23. The van der Waals surface area contributed by atoms with Crippen molar-refractivity contribution in [3.63, 3.8) is 0 Å². The van der Waals surface area contributed by atoms with Crippen LogP contribution in [0.5, 0.6) is 0 Å². The molecular weight excluding hydrogens is 316 g/mol. The second-order valence-corrected chi connectivity index (χ2v) is 4.08. The highest BCUT2D eigenvalue weighted by Gasteiger charge is 2.70. The van der Waals surface area contributed by atoms with Crippen molar-refractivity contribution in [3.05, 3.63) is 40.5 Å². The Labute approximate surface area is 118 Å². The molecule has 2 heterocycles. The Hall–Kier alpha value is -3.53. The van der Waals surface area contributed by atoms with E-state index in [1.165, 1.54) is 0 Å². The van der Waals surface area contributed by atoms with Crippen LogP contribution in [0, 0.1) is 40.5 Å². The van der Waals surface area contributed by atoms with Gasteiger partial charge in [-0.1, -0.05) is 10.0 Å². The molecule has 120 valence electrons. The van der Waals surface area contributed by atoms with Crippen LogP contribution >= 0.6 is 0 Å². The molecule has 0 N–H and O–H groups in total. The highest BCUT2D eigenvalue weighted by molar-refractivity contribution is 5.75. The van der Waals surface area contributed by atoms with Gasteiger partial charge in [0.15, 0.2) is 20.1 Å². The molecule has 0 bridgehead atoms. The van der Waals surface area contributed by atoms with Crippen molar-refractivity contribution >= 4 is 6.03 Å². The third-order valence-electron chi connectivity index (χ3n) is 3.10. The van der Waals surface area contributed by atoms with E-state index in [1.807, 2.05) is 0 Å². The summed E-state index contributed by atoms with van der Waals surface area (Å²) >= 11 is 0. The highest BCUT2D eigenvalue weighted by atomic mass is 16.7. The normalized spacial score (nSPS) is 24.3. The molecule has 0 aliphatic carbocycles. The minimum Gasteiger partial charge on any atom is -0.236 e. The van der Waals surface area contributed by atoms with E-state index in [-0.39, 0.29) is 20.0 Å². The van der Waals surface area contributed by atoms with Gasteiger partial charge in [0.05, 0.1) is 0 Å². The maximum atomic E-state index is 11.8. The molecule has 0 radical (unpaired) electrons. The van der Waals surface area contributed by atoms with Crippen molar-refractivity contribution in [2.75, 3.05) is 13.1 Å². The number of amides is 2. The zero-order valence-corrected chi connectivity index (χ0v) is 10.3. The average Bonchev–Trinajstić information content (AvgIpc) is 2.69. The van der Waals surface area contributed by atoms with Gasteiger partial charge in [-0.3, -0.25) is 0 Å². The first-order valence-corrected chi connectivity index (χ1v) is 5.41. The second-order valence-electron chi connectivity index (χ2n) is 4.08. The van der Waals surface area contributed by atoms with E-state index in [9.17, 15) is 45.3 Å². The van der Waals surface area contributed by atoms with Gasteiger partial charge in [-0.05, 0) is 0 Å². The van der Waals surface area contributed by atoms with E-state index < -0.39 is 51.6 Å². The standard InChI is InChI=1S/C5H6N8O9/c14-5-8(12(19)20)3-4(9(5)13(21)22)7(11(17)18)2-1-6(3)10(15)16/h3-4H,1-2H2. The summed E-state index contributed by atoms with van der Waals surface area (Å²) < 4.78 is 0. The lowest BCUT2D eigenvalue weighted by Crippen LogP contribution is -2.67. The highest BCUT2D eigenvalue weighted by Crippen LogP contribution is 2.31. The maximum absolute atomic E-state index is 11.8. The predicted octanol–water partition coefficient (Wildman–Crippen LogP) is -2.24. The Morgan fingerprint density at radius 3 is 1.27 bits per heavy atom. The summed E-state index contributed by atoms with van der Waals surface area (Å²) in [7, 11) is 0. The lowest BCUT2D eigenvalue weighted by molar-refractivity contribution is -0.752. The summed E-state index contributed by atoms with van der Waals surface area (Å²) in [4.78, 5) is 55.4. The van der Waals surface area contributed by atoms with Crippen molar-refractivity contribution in [2.24, 2.45) is 0 Å². The molecule has 22 heavy (non-hydrogen) atoms. The summed E-state index contributed by atoms with van der Waals surface area (Å²) in [6.07, 6.45) is -4.25. The summed E-state index contributed by atoms with van der Waals surface area (Å²) in [5, 5.41) is 38.3. The monoisotopic (exact) mass is 322 g/mol. The van der Waals surface area contributed by atoms with Gasteiger partial charge in [-0.25, -0.2) is 45.3 Å². The smallest absolute Gasteiger partial charge is 0.236 e. The number of hydrogen-bond acceptors (Lipinski definition) is 9. The Morgan fingerprint density at radius 2 is 1.05 bits per heavy atom. The topological polar surface area (TPSA) is 203 Å². The van der Waals surface area contributed by atoms with Crippen LogP contribution in [-0.4, -0.2) is 71.6 Å². The molecule has 0 spiro atoms. The SMILES string of the molecule is O=C1N([N+](=O)[O-])C2C(N([N+](=O)[O-])CCN2[N+](=O)[O-])N1[N+](=O)[O-]. The van der Waals surface area contributed by atoms with Crippen LogP contribution < -0.4 is 0 Å². The number of hydrazine groups is 4.